The molecule has 2 N–H and O–H groups in total. The number of hydrogen-bond donors (Lipinski definition) is 1. The van der Waals surface area contributed by atoms with Crippen LogP contribution >= 0.6 is 0 Å². The molecule has 5 heteroatoms. The summed E-state index contributed by atoms with van der Waals surface area (Å²) in [4.78, 5) is 4.54. The molecule has 0 bridgehead atoms. The van der Waals surface area contributed by atoms with Gasteiger partial charge in [0, 0.05) is 13.7 Å². The summed E-state index contributed by atoms with van der Waals surface area (Å²) < 4.78 is 10.6. The fourth-order valence-electron chi connectivity index (χ4n) is 2.79. The topological polar surface area (TPSA) is 74.2 Å². The predicted octanol–water partition coefficient (Wildman–Crippen LogP) is 2.19. The molecule has 1 aromatic heterocycles. The van der Waals surface area contributed by atoms with Crippen molar-refractivity contribution in [1.29, 1.82) is 0 Å². The maximum Gasteiger partial charge on any atom is 0.257 e. The van der Waals surface area contributed by atoms with Crippen LogP contribution in [0, 0.1) is 0 Å². The lowest BCUT2D eigenvalue weighted by atomic mass is 9.64. The van der Waals surface area contributed by atoms with Crippen molar-refractivity contribution in [2.45, 2.75) is 30.8 Å². The van der Waals surface area contributed by atoms with Gasteiger partial charge in [0.15, 0.2) is 5.82 Å². The Labute approximate surface area is 118 Å². The molecule has 0 radical (unpaired) electrons. The quantitative estimate of drug-likeness (QED) is 0.903. The summed E-state index contributed by atoms with van der Waals surface area (Å²) >= 11 is 0. The highest BCUT2D eigenvalue weighted by atomic mass is 16.5. The van der Waals surface area contributed by atoms with E-state index in [1.165, 1.54) is 12.0 Å². The lowest BCUT2D eigenvalue weighted by Gasteiger charge is -2.39. The number of nitrogens with two attached hydrogens (primary N) is 1. The summed E-state index contributed by atoms with van der Waals surface area (Å²) in [6, 6.07) is 10.4. The zero-order valence-electron chi connectivity index (χ0n) is 11.6. The van der Waals surface area contributed by atoms with E-state index in [-0.39, 0.29) is 11.5 Å². The molecule has 0 amide bonds. The number of rotatable bonds is 5. The molecule has 1 aromatic carbocycles. The summed E-state index contributed by atoms with van der Waals surface area (Å²) in [5, 5.41) is 4.18. The molecule has 0 aliphatic heterocycles. The third kappa shape index (κ3) is 2.03. The smallest absolute Gasteiger partial charge is 0.257 e. The summed E-state index contributed by atoms with van der Waals surface area (Å²) in [6.45, 7) is 0.330. The van der Waals surface area contributed by atoms with Crippen molar-refractivity contribution in [3.63, 3.8) is 0 Å². The minimum atomic E-state index is -0.329. The summed E-state index contributed by atoms with van der Waals surface area (Å²) in [5.74, 6) is 1.22. The molecular formula is C15H19N3O2. The Hall–Kier alpha value is -1.72. The van der Waals surface area contributed by atoms with Crippen molar-refractivity contribution >= 4 is 0 Å². The van der Waals surface area contributed by atoms with Gasteiger partial charge in [-0.1, -0.05) is 41.9 Å². The van der Waals surface area contributed by atoms with Gasteiger partial charge >= 0.3 is 0 Å². The SMILES string of the molecule is COC(CN)c1nc(C2(c3ccccc3)CCC2)no1. The van der Waals surface area contributed by atoms with Crippen LogP contribution in [0.15, 0.2) is 34.9 Å². The Morgan fingerprint density at radius 2 is 2.10 bits per heavy atom. The first-order chi connectivity index (χ1) is 9.80. The molecular weight excluding hydrogens is 254 g/mol. The van der Waals surface area contributed by atoms with Gasteiger partial charge in [-0.05, 0) is 18.4 Å². The van der Waals surface area contributed by atoms with Crippen LogP contribution in [0.4, 0.5) is 0 Å². The van der Waals surface area contributed by atoms with Gasteiger partial charge in [0.25, 0.3) is 5.89 Å². The van der Waals surface area contributed by atoms with Gasteiger partial charge in [0.1, 0.15) is 6.10 Å². The van der Waals surface area contributed by atoms with Crippen LogP contribution in [0.3, 0.4) is 0 Å². The normalized spacial score (nSPS) is 18.5. The second kappa shape index (κ2) is 5.34. The largest absolute Gasteiger partial charge is 0.370 e. The second-order valence-electron chi connectivity index (χ2n) is 5.22. The number of benzene rings is 1. The van der Waals surface area contributed by atoms with Crippen LogP contribution < -0.4 is 5.73 Å². The van der Waals surface area contributed by atoms with E-state index < -0.39 is 0 Å². The number of aromatic nitrogens is 2. The molecule has 1 aliphatic rings. The lowest BCUT2D eigenvalue weighted by molar-refractivity contribution is 0.0803. The highest BCUT2D eigenvalue weighted by Gasteiger charge is 2.44. The van der Waals surface area contributed by atoms with Gasteiger partial charge in [-0.2, -0.15) is 4.98 Å². The maximum atomic E-state index is 5.64. The average molecular weight is 273 g/mol. The van der Waals surface area contributed by atoms with E-state index in [4.69, 9.17) is 15.0 Å². The van der Waals surface area contributed by atoms with Crippen LogP contribution in [0.1, 0.15) is 42.6 Å². The van der Waals surface area contributed by atoms with Gasteiger partial charge < -0.3 is 15.0 Å². The first-order valence-corrected chi connectivity index (χ1v) is 6.92. The second-order valence-corrected chi connectivity index (χ2v) is 5.22. The maximum absolute atomic E-state index is 5.64. The molecule has 1 aliphatic carbocycles. The Morgan fingerprint density at radius 1 is 1.35 bits per heavy atom. The number of methoxy groups -OCH3 is 1. The zero-order valence-corrected chi connectivity index (χ0v) is 11.6. The monoisotopic (exact) mass is 273 g/mol. The van der Waals surface area contributed by atoms with E-state index in [1.54, 1.807) is 7.11 Å². The fourth-order valence-corrected chi connectivity index (χ4v) is 2.79. The van der Waals surface area contributed by atoms with E-state index >= 15 is 0 Å². The van der Waals surface area contributed by atoms with E-state index in [0.29, 0.717) is 12.4 Å². The minimum absolute atomic E-state index is 0.101. The molecule has 1 heterocycles. The fraction of sp³-hybridized carbons (Fsp3) is 0.467. The van der Waals surface area contributed by atoms with Crippen molar-refractivity contribution < 1.29 is 9.26 Å². The van der Waals surface area contributed by atoms with Crippen molar-refractivity contribution in [1.82, 2.24) is 10.1 Å². The first-order valence-electron chi connectivity index (χ1n) is 6.92. The molecule has 1 fully saturated rings. The Kier molecular flexibility index (Phi) is 3.54. The number of ether oxygens (including phenoxy) is 1. The Bertz CT molecular complexity index is 560. The van der Waals surface area contributed by atoms with Gasteiger partial charge in [-0.15, -0.1) is 0 Å². The zero-order chi connectivity index (χ0) is 14.0. The first kappa shape index (κ1) is 13.3. The molecule has 1 saturated carbocycles. The summed E-state index contributed by atoms with van der Waals surface area (Å²) in [5.41, 5.74) is 6.79. The third-order valence-electron chi connectivity index (χ3n) is 4.18. The van der Waals surface area contributed by atoms with Gasteiger partial charge in [0.05, 0.1) is 5.41 Å². The number of nitrogens with zero attached hydrogens (tertiary/aromatic N) is 2. The van der Waals surface area contributed by atoms with Gasteiger partial charge in [-0.3, -0.25) is 0 Å². The highest BCUT2D eigenvalue weighted by molar-refractivity contribution is 5.35. The van der Waals surface area contributed by atoms with Crippen molar-refractivity contribution in [3.8, 4) is 0 Å². The molecule has 3 rings (SSSR count). The van der Waals surface area contributed by atoms with Crippen LogP contribution in [-0.4, -0.2) is 23.8 Å². The summed E-state index contributed by atoms with van der Waals surface area (Å²) in [6.07, 6.45) is 2.96. The molecule has 5 nitrogen and oxygen atoms in total. The van der Waals surface area contributed by atoms with Crippen LogP contribution in [0.2, 0.25) is 0 Å². The molecule has 106 valence electrons. The van der Waals surface area contributed by atoms with E-state index in [1.807, 2.05) is 18.2 Å². The molecule has 1 atom stereocenters. The van der Waals surface area contributed by atoms with Crippen molar-refractivity contribution in [2.24, 2.45) is 5.73 Å². The van der Waals surface area contributed by atoms with Crippen molar-refractivity contribution in [3.05, 3.63) is 47.6 Å². The molecule has 0 spiro atoms. The van der Waals surface area contributed by atoms with Crippen LogP contribution in [0.5, 0.6) is 0 Å². The van der Waals surface area contributed by atoms with Crippen LogP contribution in [0.25, 0.3) is 0 Å². The Morgan fingerprint density at radius 3 is 2.65 bits per heavy atom. The molecule has 0 saturated heterocycles. The Balaban J connectivity index is 1.95. The van der Waals surface area contributed by atoms with Crippen molar-refractivity contribution in [2.75, 3.05) is 13.7 Å². The average Bonchev–Trinajstić information content (AvgIpc) is 2.90. The van der Waals surface area contributed by atoms with E-state index in [0.717, 1.165) is 18.7 Å². The van der Waals surface area contributed by atoms with E-state index in [9.17, 15) is 0 Å². The highest BCUT2D eigenvalue weighted by Crippen LogP contribution is 2.47. The number of hydrogen-bond acceptors (Lipinski definition) is 5. The van der Waals surface area contributed by atoms with Gasteiger partial charge in [-0.25, -0.2) is 0 Å². The lowest BCUT2D eigenvalue weighted by Crippen LogP contribution is -2.36. The predicted molar refractivity (Wildman–Crippen MR) is 74.2 cm³/mol. The molecule has 20 heavy (non-hydrogen) atoms. The molecule has 2 aromatic rings. The van der Waals surface area contributed by atoms with Gasteiger partial charge in [0.2, 0.25) is 0 Å². The summed E-state index contributed by atoms with van der Waals surface area (Å²) in [7, 11) is 1.59. The van der Waals surface area contributed by atoms with E-state index in [2.05, 4.69) is 22.3 Å². The van der Waals surface area contributed by atoms with Crippen LogP contribution in [-0.2, 0) is 10.2 Å². The third-order valence-corrected chi connectivity index (χ3v) is 4.18. The minimum Gasteiger partial charge on any atom is -0.370 e. The molecule has 1 unspecified atom stereocenters. The standard InChI is InChI=1S/C15H19N3O2/c1-19-12(10-16)13-17-14(18-20-13)15(8-5-9-15)11-6-3-2-4-7-11/h2-4,6-7,12H,5,8-10,16H2,1H3.